The third-order valence-electron chi connectivity index (χ3n) is 5.87. The van der Waals surface area contributed by atoms with Gasteiger partial charge in [0.15, 0.2) is 5.75 Å². The fraction of sp³-hybridized carbons (Fsp3) is 0.208. The highest BCUT2D eigenvalue weighted by Gasteiger charge is 2.22. The molecule has 5 rings (SSSR count). The average molecular weight is 446 g/mol. The number of methoxy groups -OCH3 is 1. The van der Waals surface area contributed by atoms with Crippen LogP contribution in [0, 0.1) is 10.1 Å². The molecule has 0 aliphatic carbocycles. The van der Waals surface area contributed by atoms with Gasteiger partial charge in [0.25, 0.3) is 5.91 Å². The van der Waals surface area contributed by atoms with Crippen LogP contribution in [0.4, 0.5) is 28.4 Å². The molecule has 2 aliphatic rings. The fourth-order valence-electron chi connectivity index (χ4n) is 4.13. The van der Waals surface area contributed by atoms with Crippen molar-refractivity contribution < 1.29 is 19.2 Å². The van der Waals surface area contributed by atoms with Gasteiger partial charge in [-0.25, -0.2) is 0 Å². The van der Waals surface area contributed by atoms with E-state index in [1.165, 1.54) is 13.2 Å². The van der Waals surface area contributed by atoms with E-state index in [4.69, 9.17) is 9.47 Å². The topological polar surface area (TPSA) is 106 Å². The lowest BCUT2D eigenvalue weighted by Gasteiger charge is -2.29. The van der Waals surface area contributed by atoms with Crippen molar-refractivity contribution in [3.63, 3.8) is 0 Å². The zero-order valence-electron chi connectivity index (χ0n) is 18.0. The van der Waals surface area contributed by atoms with Gasteiger partial charge in [-0.15, -0.1) is 0 Å². The van der Waals surface area contributed by atoms with E-state index < -0.39 is 4.92 Å². The van der Waals surface area contributed by atoms with Crippen LogP contribution in [0.2, 0.25) is 0 Å². The number of hydrogen-bond acceptors (Lipinski definition) is 7. The Balaban J connectivity index is 1.52. The molecule has 1 amide bonds. The van der Waals surface area contributed by atoms with Gasteiger partial charge in [0.2, 0.25) is 0 Å². The smallest absolute Gasteiger partial charge is 0.310 e. The lowest BCUT2D eigenvalue weighted by molar-refractivity contribution is -0.385. The number of nitro groups is 1. The highest BCUT2D eigenvalue weighted by Crippen LogP contribution is 2.38. The summed E-state index contributed by atoms with van der Waals surface area (Å²) in [5, 5.41) is 17.6. The van der Waals surface area contributed by atoms with E-state index in [2.05, 4.69) is 15.5 Å². The molecule has 0 bridgehead atoms. The normalized spacial score (nSPS) is 14.9. The molecule has 9 nitrogen and oxygen atoms in total. The van der Waals surface area contributed by atoms with E-state index in [0.717, 1.165) is 35.6 Å². The minimum Gasteiger partial charge on any atom is -0.490 e. The lowest BCUT2D eigenvalue weighted by Crippen LogP contribution is -2.36. The van der Waals surface area contributed by atoms with Gasteiger partial charge >= 0.3 is 5.69 Å². The van der Waals surface area contributed by atoms with Gasteiger partial charge < -0.3 is 25.0 Å². The first-order valence-corrected chi connectivity index (χ1v) is 10.6. The van der Waals surface area contributed by atoms with Gasteiger partial charge in [-0.3, -0.25) is 14.9 Å². The second-order valence-corrected chi connectivity index (χ2v) is 7.81. The number of fused-ring (bicyclic) bond motifs is 2. The number of carbonyl (C=O) groups is 1. The summed E-state index contributed by atoms with van der Waals surface area (Å²) in [6.45, 7) is 3.00. The third kappa shape index (κ3) is 3.94. The van der Waals surface area contributed by atoms with Gasteiger partial charge in [0.1, 0.15) is 0 Å². The molecule has 2 aliphatic heterocycles. The molecule has 33 heavy (non-hydrogen) atoms. The Morgan fingerprint density at radius 2 is 1.70 bits per heavy atom. The summed E-state index contributed by atoms with van der Waals surface area (Å²) in [4.78, 5) is 25.8. The van der Waals surface area contributed by atoms with Crippen molar-refractivity contribution in [3.8, 4) is 16.9 Å². The van der Waals surface area contributed by atoms with Crippen molar-refractivity contribution in [1.29, 1.82) is 0 Å². The molecular formula is C24H22N4O5. The number of anilines is 4. The molecule has 3 aromatic rings. The first-order chi connectivity index (χ1) is 16.0. The van der Waals surface area contributed by atoms with Crippen LogP contribution in [0.25, 0.3) is 11.1 Å². The quantitative estimate of drug-likeness (QED) is 0.451. The first-order valence-electron chi connectivity index (χ1n) is 10.6. The van der Waals surface area contributed by atoms with E-state index >= 15 is 0 Å². The molecule has 0 atom stereocenters. The summed E-state index contributed by atoms with van der Waals surface area (Å²) in [5.41, 5.74) is 5.16. The van der Waals surface area contributed by atoms with Crippen molar-refractivity contribution in [2.24, 2.45) is 0 Å². The molecule has 1 saturated heterocycles. The van der Waals surface area contributed by atoms with Crippen molar-refractivity contribution in [1.82, 2.24) is 0 Å². The van der Waals surface area contributed by atoms with Crippen molar-refractivity contribution in [2.75, 3.05) is 48.9 Å². The Kier molecular flexibility index (Phi) is 5.31. The number of benzene rings is 3. The number of nitrogens with zero attached hydrogens (tertiary/aromatic N) is 2. The van der Waals surface area contributed by atoms with Gasteiger partial charge in [-0.05, 0) is 53.6 Å². The number of hydrogen-bond donors (Lipinski definition) is 2. The van der Waals surface area contributed by atoms with Crippen LogP contribution in [-0.2, 0) is 4.74 Å². The molecule has 3 aromatic carbocycles. The number of ether oxygens (including phenoxy) is 2. The molecule has 0 unspecified atom stereocenters. The Morgan fingerprint density at radius 1 is 0.939 bits per heavy atom. The summed E-state index contributed by atoms with van der Waals surface area (Å²) in [7, 11) is 1.40. The van der Waals surface area contributed by atoms with E-state index in [9.17, 15) is 14.9 Å². The highest BCUT2D eigenvalue weighted by atomic mass is 16.6. The fourth-order valence-corrected chi connectivity index (χ4v) is 4.13. The van der Waals surface area contributed by atoms with Crippen molar-refractivity contribution in [2.45, 2.75) is 0 Å². The van der Waals surface area contributed by atoms with Crippen molar-refractivity contribution >= 4 is 34.3 Å². The summed E-state index contributed by atoms with van der Waals surface area (Å²) in [6, 6.07) is 16.1. The zero-order valence-corrected chi connectivity index (χ0v) is 18.0. The Morgan fingerprint density at radius 3 is 2.45 bits per heavy atom. The van der Waals surface area contributed by atoms with Gasteiger partial charge in [-0.1, -0.05) is 6.07 Å². The average Bonchev–Trinajstić information content (AvgIpc) is 2.98. The number of amides is 1. The van der Waals surface area contributed by atoms with Gasteiger partial charge in [0, 0.05) is 24.8 Å². The number of nitrogens with one attached hydrogen (secondary N) is 2. The number of morpholine rings is 1. The molecule has 168 valence electrons. The molecular weight excluding hydrogens is 424 g/mol. The molecule has 9 heteroatoms. The number of nitro benzene ring substituents is 1. The van der Waals surface area contributed by atoms with Crippen LogP contribution in [0.5, 0.6) is 5.75 Å². The number of rotatable bonds is 4. The van der Waals surface area contributed by atoms with E-state index in [0.29, 0.717) is 30.2 Å². The Labute approximate surface area is 190 Å². The molecule has 1 fully saturated rings. The first kappa shape index (κ1) is 20.8. The molecule has 0 saturated carbocycles. The van der Waals surface area contributed by atoms with E-state index in [1.54, 1.807) is 18.2 Å². The largest absolute Gasteiger partial charge is 0.490 e. The molecule has 0 aromatic heterocycles. The van der Waals surface area contributed by atoms with Gasteiger partial charge in [-0.2, -0.15) is 0 Å². The second kappa shape index (κ2) is 8.44. The monoisotopic (exact) mass is 446 g/mol. The number of carbonyl (C=O) groups excluding carboxylic acids is 1. The minimum atomic E-state index is -0.478. The van der Waals surface area contributed by atoms with Crippen LogP contribution in [0.1, 0.15) is 10.4 Å². The summed E-state index contributed by atoms with van der Waals surface area (Å²) >= 11 is 0. The van der Waals surface area contributed by atoms with Crippen molar-refractivity contribution in [3.05, 3.63) is 70.3 Å². The predicted octanol–water partition coefficient (Wildman–Crippen LogP) is 4.42. The van der Waals surface area contributed by atoms with Crippen LogP contribution in [0.3, 0.4) is 0 Å². The Hall–Kier alpha value is -4.11. The molecule has 0 spiro atoms. The van der Waals surface area contributed by atoms with E-state index in [-0.39, 0.29) is 17.3 Å². The second-order valence-electron chi connectivity index (χ2n) is 7.81. The molecule has 0 radical (unpaired) electrons. The van der Waals surface area contributed by atoms with Crippen LogP contribution in [0.15, 0.2) is 54.6 Å². The van der Waals surface area contributed by atoms with E-state index in [1.807, 2.05) is 30.3 Å². The third-order valence-corrected chi connectivity index (χ3v) is 5.87. The summed E-state index contributed by atoms with van der Waals surface area (Å²) in [5.74, 6) is -0.0261. The maximum Gasteiger partial charge on any atom is 0.310 e. The summed E-state index contributed by atoms with van der Waals surface area (Å²) < 4.78 is 10.6. The van der Waals surface area contributed by atoms with Crippen LogP contribution >= 0.6 is 0 Å². The van der Waals surface area contributed by atoms with Gasteiger partial charge in [0.05, 0.1) is 47.9 Å². The SMILES string of the molecule is COc1cc(-c2ccc3c(c2)Nc2cc(N4CCOCC4)ccc2NC3=O)ccc1[N+](=O)[O-]. The predicted molar refractivity (Wildman–Crippen MR) is 126 cm³/mol. The minimum absolute atomic E-state index is 0.0990. The summed E-state index contributed by atoms with van der Waals surface area (Å²) in [6.07, 6.45) is 0. The maximum atomic E-state index is 12.8. The lowest BCUT2D eigenvalue weighted by atomic mass is 10.0. The highest BCUT2D eigenvalue weighted by molar-refractivity contribution is 6.12. The van der Waals surface area contributed by atoms with Crippen LogP contribution in [-0.4, -0.2) is 44.2 Å². The standard InChI is InChI=1S/C24H22N4O5/c1-32-23-13-16(3-7-22(23)28(30)31)15-2-5-18-20(12-15)25-21-14-17(27-8-10-33-11-9-27)4-6-19(21)26-24(18)29/h2-7,12-14,25H,8-11H2,1H3,(H,26,29). The zero-order chi connectivity index (χ0) is 22.9. The Bertz CT molecular complexity index is 1250. The molecule has 2 N–H and O–H groups in total. The van der Waals surface area contributed by atoms with Crippen LogP contribution < -0.4 is 20.3 Å². The maximum absolute atomic E-state index is 12.8. The molecule has 2 heterocycles.